The molecule has 0 fully saturated rings. The van der Waals surface area contributed by atoms with Crippen LogP contribution >= 0.6 is 0 Å². The van der Waals surface area contributed by atoms with E-state index in [1.165, 1.54) is 89.9 Å². The van der Waals surface area contributed by atoms with Crippen molar-refractivity contribution in [2.45, 2.75) is 103 Å². The van der Waals surface area contributed by atoms with Gasteiger partial charge in [0.2, 0.25) is 0 Å². The Kier molecular flexibility index (Phi) is 13.0. The van der Waals surface area contributed by atoms with Gasteiger partial charge in [-0.3, -0.25) is 0 Å². The third-order valence-electron chi connectivity index (χ3n) is 5.72. The highest BCUT2D eigenvalue weighted by molar-refractivity contribution is 5.58. The summed E-state index contributed by atoms with van der Waals surface area (Å²) in [7, 11) is 0. The zero-order valence-corrected chi connectivity index (χ0v) is 18.7. The summed E-state index contributed by atoms with van der Waals surface area (Å²) in [5, 5.41) is 3.44. The van der Waals surface area contributed by atoms with Crippen LogP contribution in [0.4, 0.5) is 11.4 Å². The number of benzene rings is 1. The van der Waals surface area contributed by atoms with Crippen molar-refractivity contribution in [2.24, 2.45) is 0 Å². The molecule has 29 heavy (non-hydrogen) atoms. The second-order valence-electron chi connectivity index (χ2n) is 8.41. The van der Waals surface area contributed by atoms with Gasteiger partial charge in [-0.05, 0) is 18.6 Å². The molecule has 1 N–H and O–H groups in total. The second kappa shape index (κ2) is 16.0. The molecule has 2 aromatic rings. The Labute approximate surface area is 179 Å². The fourth-order valence-corrected chi connectivity index (χ4v) is 3.87. The lowest BCUT2D eigenvalue weighted by Gasteiger charge is -2.05. The molecule has 0 saturated carbocycles. The van der Waals surface area contributed by atoms with E-state index in [-0.39, 0.29) is 0 Å². The Balaban J connectivity index is 1.41. The van der Waals surface area contributed by atoms with Crippen LogP contribution in [0.1, 0.15) is 96.8 Å². The van der Waals surface area contributed by atoms with Gasteiger partial charge in [-0.15, -0.1) is 0 Å². The first kappa shape index (κ1) is 23.4. The van der Waals surface area contributed by atoms with Crippen LogP contribution in [-0.2, 0) is 6.54 Å². The molecule has 2 rings (SSSR count). The van der Waals surface area contributed by atoms with Gasteiger partial charge in [0.05, 0.1) is 5.69 Å². The molecule has 0 saturated heterocycles. The van der Waals surface area contributed by atoms with E-state index in [2.05, 4.69) is 65.6 Å². The minimum atomic E-state index is 1.13. The summed E-state index contributed by atoms with van der Waals surface area (Å²) >= 11 is 0. The first-order valence-corrected chi connectivity index (χ1v) is 12.2. The Morgan fingerprint density at radius 3 is 1.52 bits per heavy atom. The van der Waals surface area contributed by atoms with Crippen molar-refractivity contribution in [3.8, 4) is 0 Å². The topological polar surface area (TPSA) is 15.9 Å². The number of nitrogens with zero attached hydrogens (tertiary/aromatic N) is 1. The first-order chi connectivity index (χ1) is 14.4. The van der Waals surface area contributed by atoms with E-state index < -0.39 is 0 Å². The zero-order chi connectivity index (χ0) is 20.4. The van der Waals surface area contributed by atoms with Crippen LogP contribution in [-0.4, -0.2) is 0 Å². The van der Waals surface area contributed by atoms with Crippen LogP contribution in [0.15, 0.2) is 54.9 Å². The van der Waals surface area contributed by atoms with Crippen LogP contribution < -0.4 is 9.88 Å². The van der Waals surface area contributed by atoms with Crippen molar-refractivity contribution < 1.29 is 4.57 Å². The summed E-state index contributed by atoms with van der Waals surface area (Å²) in [6.45, 7) is 3.42. The van der Waals surface area contributed by atoms with Gasteiger partial charge in [-0.2, -0.15) is 0 Å². The Bertz CT molecular complexity index is 606. The molecule has 0 radical (unpaired) electrons. The van der Waals surface area contributed by atoms with Crippen molar-refractivity contribution in [2.75, 3.05) is 5.32 Å². The molecular formula is C27H43N2+. The van der Waals surface area contributed by atoms with Gasteiger partial charge in [0.15, 0.2) is 12.4 Å². The van der Waals surface area contributed by atoms with Crippen molar-refractivity contribution in [3.05, 3.63) is 54.9 Å². The van der Waals surface area contributed by atoms with Gasteiger partial charge >= 0.3 is 0 Å². The number of pyridine rings is 1. The summed E-state index contributed by atoms with van der Waals surface area (Å²) in [4.78, 5) is 0. The maximum Gasteiger partial charge on any atom is 0.170 e. The average molecular weight is 396 g/mol. The molecule has 1 aromatic carbocycles. The van der Waals surface area contributed by atoms with Gasteiger partial charge in [0, 0.05) is 24.2 Å². The van der Waals surface area contributed by atoms with Crippen molar-refractivity contribution in [1.29, 1.82) is 0 Å². The van der Waals surface area contributed by atoms with E-state index in [0.717, 1.165) is 17.9 Å². The molecule has 0 bridgehead atoms. The van der Waals surface area contributed by atoms with Gasteiger partial charge in [0.25, 0.3) is 0 Å². The van der Waals surface area contributed by atoms with Crippen molar-refractivity contribution in [1.82, 2.24) is 0 Å². The molecule has 1 heterocycles. The van der Waals surface area contributed by atoms with E-state index in [0.29, 0.717) is 0 Å². The van der Waals surface area contributed by atoms with Gasteiger partial charge < -0.3 is 5.32 Å². The van der Waals surface area contributed by atoms with Crippen molar-refractivity contribution >= 4 is 11.4 Å². The quantitative estimate of drug-likeness (QED) is 0.211. The molecule has 160 valence electrons. The summed E-state index contributed by atoms with van der Waals surface area (Å²) in [6.07, 6.45) is 24.2. The maximum atomic E-state index is 3.44. The van der Waals surface area contributed by atoms with Crippen LogP contribution in [0.5, 0.6) is 0 Å². The molecule has 0 atom stereocenters. The van der Waals surface area contributed by atoms with E-state index in [4.69, 9.17) is 0 Å². The largest absolute Gasteiger partial charge is 0.355 e. The standard InChI is InChI=1S/C27H42N2/c1-2-3-4-5-6-7-8-9-10-11-12-13-14-18-23-29-24-21-27(22-25-29)28-26-19-16-15-17-20-26/h15-17,19-22,24-25H,2-14,18,23H2,1H3/p+1. The molecule has 0 aliphatic rings. The first-order valence-electron chi connectivity index (χ1n) is 12.2. The van der Waals surface area contributed by atoms with Crippen LogP contribution in [0.25, 0.3) is 0 Å². The van der Waals surface area contributed by atoms with E-state index in [9.17, 15) is 0 Å². The third kappa shape index (κ3) is 11.7. The summed E-state index contributed by atoms with van der Waals surface area (Å²) in [5.41, 5.74) is 2.28. The summed E-state index contributed by atoms with van der Waals surface area (Å²) in [6, 6.07) is 14.7. The molecule has 0 aliphatic heterocycles. The van der Waals surface area contributed by atoms with Crippen molar-refractivity contribution in [3.63, 3.8) is 0 Å². The predicted octanol–water partition coefficient (Wildman–Crippen LogP) is 8.20. The zero-order valence-electron chi connectivity index (χ0n) is 18.7. The number of aryl methyl sites for hydroxylation is 1. The lowest BCUT2D eigenvalue weighted by Crippen LogP contribution is -2.32. The molecule has 2 heteroatoms. The van der Waals surface area contributed by atoms with Crippen LogP contribution in [0.3, 0.4) is 0 Å². The minimum Gasteiger partial charge on any atom is -0.355 e. The smallest absolute Gasteiger partial charge is 0.170 e. The number of anilines is 2. The van der Waals surface area contributed by atoms with Crippen LogP contribution in [0.2, 0.25) is 0 Å². The number of nitrogens with one attached hydrogen (secondary N) is 1. The van der Waals surface area contributed by atoms with E-state index >= 15 is 0 Å². The highest BCUT2D eigenvalue weighted by Gasteiger charge is 2.01. The normalized spacial score (nSPS) is 10.9. The molecular weight excluding hydrogens is 352 g/mol. The van der Waals surface area contributed by atoms with Gasteiger partial charge in [-0.1, -0.05) is 102 Å². The van der Waals surface area contributed by atoms with Crippen LogP contribution in [0, 0.1) is 0 Å². The SMILES string of the molecule is CCCCCCCCCCCCCCCC[n+]1ccc(Nc2ccccc2)cc1. The average Bonchev–Trinajstić information content (AvgIpc) is 2.76. The molecule has 0 unspecified atom stereocenters. The van der Waals surface area contributed by atoms with E-state index in [1.807, 2.05) is 6.07 Å². The number of hydrogen-bond acceptors (Lipinski definition) is 1. The summed E-state index contributed by atoms with van der Waals surface area (Å²) < 4.78 is 2.30. The highest BCUT2D eigenvalue weighted by atomic mass is 14.9. The maximum absolute atomic E-state index is 3.44. The van der Waals surface area contributed by atoms with E-state index in [1.54, 1.807) is 0 Å². The molecule has 2 nitrogen and oxygen atoms in total. The Morgan fingerprint density at radius 2 is 1.00 bits per heavy atom. The highest BCUT2D eigenvalue weighted by Crippen LogP contribution is 2.15. The Morgan fingerprint density at radius 1 is 0.552 bits per heavy atom. The number of aromatic nitrogens is 1. The molecule has 0 spiro atoms. The molecule has 0 amide bonds. The van der Waals surface area contributed by atoms with Gasteiger partial charge in [-0.25, -0.2) is 4.57 Å². The summed E-state index contributed by atoms with van der Waals surface area (Å²) in [5.74, 6) is 0. The number of para-hydroxylation sites is 1. The number of unbranched alkanes of at least 4 members (excludes halogenated alkanes) is 13. The van der Waals surface area contributed by atoms with Gasteiger partial charge in [0.1, 0.15) is 6.54 Å². The lowest BCUT2D eigenvalue weighted by atomic mass is 10.0. The minimum absolute atomic E-state index is 1.13. The second-order valence-corrected chi connectivity index (χ2v) is 8.41. The number of hydrogen-bond donors (Lipinski definition) is 1. The predicted molar refractivity (Wildman–Crippen MR) is 127 cm³/mol. The number of rotatable bonds is 17. The molecule has 0 aliphatic carbocycles. The fourth-order valence-electron chi connectivity index (χ4n) is 3.87. The Hall–Kier alpha value is -1.83. The lowest BCUT2D eigenvalue weighted by molar-refractivity contribution is -0.697. The molecule has 1 aromatic heterocycles. The monoisotopic (exact) mass is 395 g/mol. The third-order valence-corrected chi connectivity index (χ3v) is 5.72. The fraction of sp³-hybridized carbons (Fsp3) is 0.593.